The number of alkyl halides is 5. The van der Waals surface area contributed by atoms with Crippen LogP contribution < -0.4 is 5.73 Å². The van der Waals surface area contributed by atoms with Crippen molar-refractivity contribution in [3.8, 4) is 0 Å². The average Bonchev–Trinajstić information content (AvgIpc) is 2.28. The fraction of sp³-hybridized carbons (Fsp3) is 1.00. The Labute approximate surface area is 119 Å². The number of rotatable bonds is 5. The van der Waals surface area contributed by atoms with Gasteiger partial charge in [-0.1, -0.05) is 0 Å². The van der Waals surface area contributed by atoms with Crippen LogP contribution in [-0.4, -0.2) is 61.7 Å². The number of nitrogens with two attached hydrogens (primary N) is 1. The van der Waals surface area contributed by atoms with Crippen LogP contribution in [0.1, 0.15) is 19.3 Å². The van der Waals surface area contributed by atoms with E-state index in [1.54, 1.807) is 4.90 Å². The largest absolute Gasteiger partial charge is 0.522 e. The van der Waals surface area contributed by atoms with Gasteiger partial charge in [0.25, 0.3) is 5.92 Å². The summed E-state index contributed by atoms with van der Waals surface area (Å²) in [4.78, 5) is 1.56. The van der Waals surface area contributed by atoms with Gasteiger partial charge < -0.3 is 10.5 Å². The maximum atomic E-state index is 13.4. The predicted octanol–water partition coefficient (Wildman–Crippen LogP) is 1.74. The van der Waals surface area contributed by atoms with Crippen LogP contribution in [0.15, 0.2) is 0 Å². The molecule has 1 aliphatic heterocycles. The normalized spacial score (nSPS) is 33.7. The van der Waals surface area contributed by atoms with Crippen molar-refractivity contribution in [2.24, 2.45) is 5.73 Å². The molecule has 1 heterocycles. The van der Waals surface area contributed by atoms with Gasteiger partial charge in [-0.2, -0.15) is 0 Å². The second kappa shape index (κ2) is 6.31. The summed E-state index contributed by atoms with van der Waals surface area (Å²) in [5, 5.41) is 0. The van der Waals surface area contributed by atoms with Gasteiger partial charge in [-0.15, -0.1) is 13.2 Å². The van der Waals surface area contributed by atoms with Gasteiger partial charge in [0.1, 0.15) is 0 Å². The van der Waals surface area contributed by atoms with E-state index in [2.05, 4.69) is 4.74 Å². The van der Waals surface area contributed by atoms with Crippen LogP contribution in [0.25, 0.3) is 0 Å². The lowest BCUT2D eigenvalue weighted by molar-refractivity contribution is -0.357. The maximum Gasteiger partial charge on any atom is 0.522 e. The first-order valence-electron chi connectivity index (χ1n) is 6.87. The third-order valence-corrected chi connectivity index (χ3v) is 3.85. The Morgan fingerprint density at radius 3 is 2.43 bits per heavy atom. The molecule has 1 saturated carbocycles. The van der Waals surface area contributed by atoms with Gasteiger partial charge in [0.15, 0.2) is 0 Å². The quantitative estimate of drug-likeness (QED) is 0.785. The molecule has 9 heteroatoms. The summed E-state index contributed by atoms with van der Waals surface area (Å²) >= 11 is 0. The van der Waals surface area contributed by atoms with Crippen LogP contribution in [0, 0.1) is 0 Å². The number of likely N-dealkylation sites (tertiary alicyclic amines) is 1. The van der Waals surface area contributed by atoms with Crippen molar-refractivity contribution in [3.63, 3.8) is 0 Å². The van der Waals surface area contributed by atoms with Crippen molar-refractivity contribution in [2.75, 3.05) is 26.2 Å². The molecular weight excluding hydrogens is 299 g/mol. The van der Waals surface area contributed by atoms with Gasteiger partial charge in [-0.3, -0.25) is 9.64 Å². The number of hydrogen-bond acceptors (Lipinski definition) is 4. The minimum absolute atomic E-state index is 0.181. The number of ether oxygens (including phenoxy) is 2. The smallest absolute Gasteiger partial charge is 0.377 e. The zero-order valence-electron chi connectivity index (χ0n) is 11.4. The third-order valence-electron chi connectivity index (χ3n) is 3.85. The Kier molecular flexibility index (Phi) is 5.07. The van der Waals surface area contributed by atoms with E-state index < -0.39 is 31.0 Å². The van der Waals surface area contributed by atoms with Gasteiger partial charge in [0.2, 0.25) is 0 Å². The summed E-state index contributed by atoms with van der Waals surface area (Å²) in [5.41, 5.74) is 5.33. The van der Waals surface area contributed by atoms with E-state index in [1.807, 2.05) is 0 Å². The molecule has 2 rings (SSSR count). The van der Waals surface area contributed by atoms with Crippen LogP contribution >= 0.6 is 0 Å². The third kappa shape index (κ3) is 5.01. The lowest BCUT2D eigenvalue weighted by Crippen LogP contribution is -2.55. The molecule has 0 radical (unpaired) electrons. The van der Waals surface area contributed by atoms with E-state index in [4.69, 9.17) is 10.5 Å². The Hall–Kier alpha value is -0.510. The molecule has 0 aromatic heterocycles. The maximum absolute atomic E-state index is 13.4. The number of hydrogen-bond donors (Lipinski definition) is 1. The minimum Gasteiger partial charge on any atom is -0.377 e. The molecule has 21 heavy (non-hydrogen) atoms. The van der Waals surface area contributed by atoms with E-state index >= 15 is 0 Å². The van der Waals surface area contributed by atoms with Gasteiger partial charge >= 0.3 is 6.36 Å². The highest BCUT2D eigenvalue weighted by atomic mass is 19.4. The van der Waals surface area contributed by atoms with Crippen molar-refractivity contribution in [3.05, 3.63) is 0 Å². The summed E-state index contributed by atoms with van der Waals surface area (Å²) < 4.78 is 71.7. The van der Waals surface area contributed by atoms with E-state index in [0.717, 1.165) is 0 Å². The van der Waals surface area contributed by atoms with E-state index in [9.17, 15) is 22.0 Å². The molecule has 1 unspecified atom stereocenters. The molecule has 124 valence electrons. The Morgan fingerprint density at radius 2 is 1.86 bits per heavy atom. The second-order valence-corrected chi connectivity index (χ2v) is 5.58. The van der Waals surface area contributed by atoms with Gasteiger partial charge in [-0.05, 0) is 6.42 Å². The highest BCUT2D eigenvalue weighted by Crippen LogP contribution is 2.32. The molecule has 0 spiro atoms. The standard InChI is InChI=1S/C12H19F5N2O2/c13-11(14)7-19(2-1-10(11)18)3-4-20-8-5-9(6-8)21-12(15,16)17/h8-10H,1-7,18H2. The molecule has 0 bridgehead atoms. The molecule has 1 aliphatic carbocycles. The van der Waals surface area contributed by atoms with E-state index in [1.165, 1.54) is 0 Å². The number of halogens is 5. The Balaban J connectivity index is 1.57. The summed E-state index contributed by atoms with van der Waals surface area (Å²) in [6, 6.07) is -1.11. The van der Waals surface area contributed by atoms with Crippen LogP contribution in [0.5, 0.6) is 0 Å². The highest BCUT2D eigenvalue weighted by Gasteiger charge is 2.43. The van der Waals surface area contributed by atoms with Crippen molar-refractivity contribution in [2.45, 2.75) is 49.8 Å². The van der Waals surface area contributed by atoms with E-state index in [0.29, 0.717) is 13.1 Å². The molecule has 1 saturated heterocycles. The molecule has 0 aromatic rings. The Bertz CT molecular complexity index is 347. The molecule has 1 atom stereocenters. The zero-order chi connectivity index (χ0) is 15.7. The first kappa shape index (κ1) is 16.9. The van der Waals surface area contributed by atoms with Gasteiger partial charge in [0.05, 0.1) is 31.4 Å². The fourth-order valence-electron chi connectivity index (χ4n) is 2.51. The van der Waals surface area contributed by atoms with Crippen LogP contribution in [0.4, 0.5) is 22.0 Å². The first-order valence-corrected chi connectivity index (χ1v) is 6.87. The van der Waals surface area contributed by atoms with Crippen molar-refractivity contribution in [1.29, 1.82) is 0 Å². The fourth-order valence-corrected chi connectivity index (χ4v) is 2.51. The zero-order valence-corrected chi connectivity index (χ0v) is 11.4. The lowest BCUT2D eigenvalue weighted by Gasteiger charge is -2.38. The average molecular weight is 318 g/mol. The predicted molar refractivity (Wildman–Crippen MR) is 63.9 cm³/mol. The number of piperidine rings is 1. The van der Waals surface area contributed by atoms with E-state index in [-0.39, 0.29) is 32.0 Å². The molecule has 4 nitrogen and oxygen atoms in total. The van der Waals surface area contributed by atoms with Gasteiger partial charge in [-0.25, -0.2) is 8.78 Å². The summed E-state index contributed by atoms with van der Waals surface area (Å²) in [6.45, 7) is 0.616. The molecule has 0 amide bonds. The SMILES string of the molecule is NC1CCN(CCOC2CC(OC(F)(F)F)C2)CC1(F)F. The monoisotopic (exact) mass is 318 g/mol. The summed E-state index contributed by atoms with van der Waals surface area (Å²) in [6.07, 6.45) is -5.18. The topological polar surface area (TPSA) is 47.7 Å². The van der Waals surface area contributed by atoms with Crippen LogP contribution in [0.3, 0.4) is 0 Å². The van der Waals surface area contributed by atoms with Crippen LogP contribution in [0.2, 0.25) is 0 Å². The minimum atomic E-state index is -4.62. The van der Waals surface area contributed by atoms with Crippen molar-refractivity contribution >= 4 is 0 Å². The first-order chi connectivity index (χ1) is 9.66. The molecule has 2 fully saturated rings. The molecule has 2 N–H and O–H groups in total. The summed E-state index contributed by atoms with van der Waals surface area (Å²) in [7, 11) is 0. The second-order valence-electron chi connectivity index (χ2n) is 5.58. The summed E-state index contributed by atoms with van der Waals surface area (Å²) in [5.74, 6) is -2.90. The highest BCUT2D eigenvalue weighted by molar-refractivity contribution is 4.89. The lowest BCUT2D eigenvalue weighted by atomic mass is 9.92. The van der Waals surface area contributed by atoms with Crippen molar-refractivity contribution in [1.82, 2.24) is 4.90 Å². The molecular formula is C12H19F5N2O2. The van der Waals surface area contributed by atoms with Gasteiger partial charge in [0, 0.05) is 25.9 Å². The molecule has 2 aliphatic rings. The number of nitrogens with zero attached hydrogens (tertiary/aromatic N) is 1. The van der Waals surface area contributed by atoms with Crippen molar-refractivity contribution < 1.29 is 31.4 Å². The molecule has 0 aromatic carbocycles. The van der Waals surface area contributed by atoms with Crippen LogP contribution in [-0.2, 0) is 9.47 Å². The Morgan fingerprint density at radius 1 is 1.19 bits per heavy atom.